The molecule has 0 unspecified atom stereocenters. The Bertz CT molecular complexity index is 1400. The molecule has 1 saturated heterocycles. The molecule has 1 amide bonds. The van der Waals surface area contributed by atoms with Crippen LogP contribution in [0.15, 0.2) is 51.7 Å². The normalized spacial score (nSPS) is 20.3. The molecule has 0 bridgehead atoms. The number of benzene rings is 1. The van der Waals surface area contributed by atoms with Gasteiger partial charge in [-0.3, -0.25) is 9.79 Å². The molecule has 0 spiro atoms. The minimum absolute atomic E-state index is 0.0634. The van der Waals surface area contributed by atoms with E-state index in [4.69, 9.17) is 4.99 Å². The Balaban J connectivity index is 1.55. The average molecular weight is 514 g/mol. The number of carboxylic acid groups (broad SMARTS) is 1. The fraction of sp³-hybridized carbons (Fsp3) is 0.433. The fourth-order valence-electron chi connectivity index (χ4n) is 5.62. The highest BCUT2D eigenvalue weighted by atomic mass is 28.3. The fourth-order valence-corrected chi connectivity index (χ4v) is 6.14. The van der Waals surface area contributed by atoms with E-state index < -0.39 is 19.6 Å². The van der Waals surface area contributed by atoms with Gasteiger partial charge in [0, 0.05) is 48.4 Å². The second kappa shape index (κ2) is 8.88. The van der Waals surface area contributed by atoms with Crippen molar-refractivity contribution in [3.05, 3.63) is 63.4 Å². The second-order valence-corrected chi connectivity index (χ2v) is 16.5. The zero-order valence-corrected chi connectivity index (χ0v) is 23.7. The first kappa shape index (κ1) is 25.3. The highest BCUT2D eigenvalue weighted by Gasteiger charge is 2.46. The Labute approximate surface area is 220 Å². The van der Waals surface area contributed by atoms with E-state index in [2.05, 4.69) is 75.0 Å². The molecular weight excluding hydrogens is 478 g/mol. The van der Waals surface area contributed by atoms with E-state index in [1.165, 1.54) is 4.90 Å². The zero-order chi connectivity index (χ0) is 26.7. The third-order valence-electron chi connectivity index (χ3n) is 7.71. The molecule has 1 N–H and O–H groups in total. The number of piperazine rings is 1. The highest BCUT2D eigenvalue weighted by Crippen LogP contribution is 2.47. The summed E-state index contributed by atoms with van der Waals surface area (Å²) in [5, 5.41) is 9.35. The lowest BCUT2D eigenvalue weighted by Gasteiger charge is -2.39. The van der Waals surface area contributed by atoms with Crippen molar-refractivity contribution >= 4 is 31.3 Å². The Hall–Kier alpha value is -3.37. The van der Waals surface area contributed by atoms with Crippen LogP contribution in [-0.4, -0.2) is 61.8 Å². The molecule has 2 heterocycles. The molecule has 7 heteroatoms. The van der Waals surface area contributed by atoms with Gasteiger partial charge in [0.05, 0.1) is 17.0 Å². The van der Waals surface area contributed by atoms with Crippen molar-refractivity contribution in [2.75, 3.05) is 31.1 Å². The van der Waals surface area contributed by atoms with Crippen LogP contribution in [0.5, 0.6) is 0 Å². The minimum atomic E-state index is -1.49. The summed E-state index contributed by atoms with van der Waals surface area (Å²) in [5.41, 5.74) is 11.5. The number of anilines is 1. The number of amides is 1. The number of ketones is 1. The van der Waals surface area contributed by atoms with Crippen molar-refractivity contribution in [3.63, 3.8) is 0 Å². The molecule has 1 aromatic rings. The first-order chi connectivity index (χ1) is 17.4. The average Bonchev–Trinajstić information content (AvgIpc) is 3.25. The summed E-state index contributed by atoms with van der Waals surface area (Å²) in [5.74, 6) is 3.41. The van der Waals surface area contributed by atoms with E-state index in [1.807, 2.05) is 6.08 Å². The molecule has 2 aliphatic carbocycles. The van der Waals surface area contributed by atoms with E-state index in [0.717, 1.165) is 56.9 Å². The number of aryl methyl sites for hydroxylation is 1. The molecule has 0 radical (unpaired) electrons. The summed E-state index contributed by atoms with van der Waals surface area (Å²) in [6.45, 7) is 15.4. The number of nitrogens with zero attached hydrogens (tertiary/aromatic N) is 3. The van der Waals surface area contributed by atoms with Crippen LogP contribution in [0.4, 0.5) is 10.5 Å². The van der Waals surface area contributed by atoms with E-state index >= 15 is 0 Å². The summed E-state index contributed by atoms with van der Waals surface area (Å²) in [6, 6.07) is 4.25. The maximum Gasteiger partial charge on any atom is 0.407 e. The third kappa shape index (κ3) is 4.38. The highest BCUT2D eigenvalue weighted by molar-refractivity contribution is 6.83. The third-order valence-corrected chi connectivity index (χ3v) is 8.58. The van der Waals surface area contributed by atoms with Crippen molar-refractivity contribution in [2.24, 2.45) is 4.99 Å². The summed E-state index contributed by atoms with van der Waals surface area (Å²) in [6.07, 6.45) is 4.78. The van der Waals surface area contributed by atoms with Crippen LogP contribution in [-0.2, 0) is 11.8 Å². The van der Waals surface area contributed by atoms with Gasteiger partial charge in [-0.1, -0.05) is 52.4 Å². The van der Waals surface area contributed by atoms with Gasteiger partial charge in [0.15, 0.2) is 5.78 Å². The van der Waals surface area contributed by atoms with Gasteiger partial charge in [-0.05, 0) is 47.8 Å². The maximum atomic E-state index is 14.0. The van der Waals surface area contributed by atoms with E-state index in [9.17, 15) is 14.7 Å². The van der Waals surface area contributed by atoms with Gasteiger partial charge in [0.25, 0.3) is 0 Å². The largest absolute Gasteiger partial charge is 0.465 e. The Kier molecular flexibility index (Phi) is 6.07. The molecule has 1 aromatic carbocycles. The van der Waals surface area contributed by atoms with Crippen molar-refractivity contribution < 1.29 is 14.7 Å². The Morgan fingerprint density at radius 1 is 1.16 bits per heavy atom. The molecule has 192 valence electrons. The van der Waals surface area contributed by atoms with Crippen molar-refractivity contribution in [1.82, 2.24) is 4.90 Å². The number of hydrogen-bond acceptors (Lipinski definition) is 4. The topological polar surface area (TPSA) is 73.2 Å². The quantitative estimate of drug-likeness (QED) is 0.426. The van der Waals surface area contributed by atoms with Crippen LogP contribution in [0.25, 0.3) is 0 Å². The van der Waals surface area contributed by atoms with Crippen LogP contribution in [0.3, 0.4) is 0 Å². The predicted molar refractivity (Wildman–Crippen MR) is 151 cm³/mol. The van der Waals surface area contributed by atoms with Crippen molar-refractivity contribution in [2.45, 2.75) is 58.7 Å². The first-order valence-electron chi connectivity index (χ1n) is 13.1. The van der Waals surface area contributed by atoms with Gasteiger partial charge in [-0.2, -0.15) is 0 Å². The Morgan fingerprint density at radius 3 is 2.49 bits per heavy atom. The van der Waals surface area contributed by atoms with Crippen LogP contribution in [0.2, 0.25) is 19.6 Å². The molecular formula is C30H35N3O3Si. The molecule has 0 saturated carbocycles. The van der Waals surface area contributed by atoms with Crippen molar-refractivity contribution in [3.8, 4) is 11.5 Å². The summed E-state index contributed by atoms with van der Waals surface area (Å²) in [7, 11) is -1.49. The minimum Gasteiger partial charge on any atom is -0.465 e. The molecule has 5 rings (SSSR count). The lowest BCUT2D eigenvalue weighted by Crippen LogP contribution is -2.48. The van der Waals surface area contributed by atoms with Crippen LogP contribution < -0.4 is 4.90 Å². The maximum absolute atomic E-state index is 14.0. The molecule has 37 heavy (non-hydrogen) atoms. The molecule has 2 aliphatic heterocycles. The number of carbonyl (C=O) groups excluding carboxylic acids is 1. The van der Waals surface area contributed by atoms with Gasteiger partial charge in [0.1, 0.15) is 8.07 Å². The van der Waals surface area contributed by atoms with Gasteiger partial charge in [0.2, 0.25) is 0 Å². The van der Waals surface area contributed by atoms with E-state index in [0.29, 0.717) is 32.6 Å². The smallest absolute Gasteiger partial charge is 0.407 e. The summed E-state index contributed by atoms with van der Waals surface area (Å²) >= 11 is 0. The molecule has 0 aromatic heterocycles. The number of aliphatic imine (C=N–C) groups is 1. The van der Waals surface area contributed by atoms with E-state index in [1.54, 1.807) is 0 Å². The van der Waals surface area contributed by atoms with Gasteiger partial charge in [-0.15, -0.1) is 5.54 Å². The number of fused-ring (bicyclic) bond motifs is 3. The van der Waals surface area contributed by atoms with E-state index in [-0.39, 0.29) is 5.78 Å². The summed E-state index contributed by atoms with van der Waals surface area (Å²) < 4.78 is 0. The number of allylic oxidation sites excluding steroid dienone is 5. The molecule has 1 fully saturated rings. The zero-order valence-electron chi connectivity index (χ0n) is 22.7. The number of carbonyl (C=O) groups is 2. The van der Waals surface area contributed by atoms with Crippen molar-refractivity contribution in [1.29, 1.82) is 0 Å². The Morgan fingerprint density at radius 2 is 1.86 bits per heavy atom. The number of rotatable bonds is 2. The lowest BCUT2D eigenvalue weighted by molar-refractivity contribution is 0.103. The lowest BCUT2D eigenvalue weighted by atomic mass is 9.67. The van der Waals surface area contributed by atoms with Crippen LogP contribution >= 0.6 is 0 Å². The number of Topliss-reactive ketones (excluding diaryl/α,β-unsaturated/α-hetero) is 1. The molecule has 6 nitrogen and oxygen atoms in total. The standard InChI is InChI=1S/C30H35N3O3Si/c1-7-20-17-22-23(18-25(20)32-11-13-33(14-12-32)29(35)36)30(2,3)28-26(27(22)34)21-9-8-19(16-24(21)31-28)10-15-37(4,5)6/h8,16-18H,7,9,11-14H2,1-6H3,(H,35,36). The van der Waals surface area contributed by atoms with Gasteiger partial charge >= 0.3 is 6.09 Å². The second-order valence-electron chi connectivity index (χ2n) is 11.8. The number of hydrogen-bond donors (Lipinski definition) is 1. The molecule has 0 atom stereocenters. The molecule has 4 aliphatic rings. The van der Waals surface area contributed by atoms with Gasteiger partial charge < -0.3 is 14.9 Å². The predicted octanol–water partition coefficient (Wildman–Crippen LogP) is 5.37. The van der Waals surface area contributed by atoms with Crippen LogP contribution in [0.1, 0.15) is 48.7 Å². The monoisotopic (exact) mass is 513 g/mol. The van der Waals surface area contributed by atoms with Crippen LogP contribution in [0, 0.1) is 11.5 Å². The van der Waals surface area contributed by atoms with Gasteiger partial charge in [-0.25, -0.2) is 4.79 Å². The summed E-state index contributed by atoms with van der Waals surface area (Å²) in [4.78, 5) is 34.1. The first-order valence-corrected chi connectivity index (χ1v) is 16.6. The SMILES string of the molecule is CCc1cc2c(cc1N1CCN(C(=O)O)CC1)C(C)(C)C1=NC3=CC(C#C[Si](C)(C)C)=CCC3=C1C2=O.